The van der Waals surface area contributed by atoms with Gasteiger partial charge in [0.15, 0.2) is 0 Å². The molecule has 0 radical (unpaired) electrons. The molecule has 1 aromatic heterocycles. The van der Waals surface area contributed by atoms with Crippen LogP contribution in [0.15, 0.2) is 85.1 Å². The van der Waals surface area contributed by atoms with Crippen molar-refractivity contribution in [2.45, 2.75) is 93.3 Å². The smallest absolute Gasteiger partial charge is 0.446 e. The third kappa shape index (κ3) is 21.5. The molecular weight excluding hydrogens is 1150 g/mol. The summed E-state index contributed by atoms with van der Waals surface area (Å²) in [4.78, 5) is 154. The van der Waals surface area contributed by atoms with Gasteiger partial charge in [0.2, 0.25) is 53.2 Å². The Hall–Kier alpha value is -8.26. The first-order valence-electron chi connectivity index (χ1n) is 25.6. The van der Waals surface area contributed by atoms with Gasteiger partial charge in [-0.3, -0.25) is 57.3 Å². The molecule has 1 unspecified atom stereocenters. The van der Waals surface area contributed by atoms with E-state index in [0.29, 0.717) is 22.0 Å². The number of carbonyl (C=O) groups excluding carboxylic acids is 9. The summed E-state index contributed by atoms with van der Waals surface area (Å²) < 4.78 is 36.1. The minimum absolute atomic E-state index is 0.0707. The van der Waals surface area contributed by atoms with Gasteiger partial charge in [-0.15, -0.1) is 0 Å². The molecule has 3 aromatic carbocycles. The van der Waals surface area contributed by atoms with Crippen molar-refractivity contribution in [3.8, 4) is 5.75 Å². The quantitative estimate of drug-likeness (QED) is 0.0331. The maximum atomic E-state index is 14.8. The molecule has 0 saturated carbocycles. The monoisotopic (exact) mass is 1210 g/mol. The summed E-state index contributed by atoms with van der Waals surface area (Å²) in [6.45, 7) is -1.51. The van der Waals surface area contributed by atoms with E-state index in [4.69, 9.17) is 10.3 Å². The van der Waals surface area contributed by atoms with Crippen LogP contribution in [0.1, 0.15) is 42.4 Å². The van der Waals surface area contributed by atoms with Crippen molar-refractivity contribution >= 4 is 110 Å². The zero-order valence-corrected chi connectivity index (χ0v) is 47.3. The molecule has 4 aromatic rings. The number of thioether (sulfide) groups is 2. The van der Waals surface area contributed by atoms with E-state index in [1.54, 1.807) is 73.3 Å². The normalized spacial score (nSPS) is 19.7. The van der Waals surface area contributed by atoms with Crippen LogP contribution in [-0.4, -0.2) is 179 Å². The Balaban J connectivity index is 1.53. The summed E-state index contributed by atoms with van der Waals surface area (Å²) in [5.41, 5.74) is 7.77. The van der Waals surface area contributed by atoms with Gasteiger partial charge in [0, 0.05) is 42.9 Å². The standard InChI is InChI=1S/C52H65N11O17S3/c1-81-18-16-35-47(71)62-40(24-44(67)68)51(75)60-37(20-28-8-4-3-5-9-28)46(70)56-27-42(64)55-26-41(52(76)61-39(50(74)58-35)22-30-25-54-34-11-7-6-10-32(30)34)63-48(72)36(17-19-82-2)57-49(73)38(59-45(69)33(53)23-43(65)66)21-29-12-14-31(15-13-29)80-83(77,78)79/h3-15,25,33,35-41,54H,16-24,26-27,53H2,1-2H3,(H,55,64)(H,56,70)(H,57,73)(H,58,74)(H,59,69)(H,60,75)(H,61,76)(H,62,71)(H,63,72)(H,65,66)(H,67,68)(H,77,78,79)/t33-,35-,36-,37-,38-,39-,40-,41?/m0/s1. The lowest BCUT2D eigenvalue weighted by Crippen LogP contribution is -2.62. The fraction of sp³-hybridized carbons (Fsp3) is 0.404. The minimum Gasteiger partial charge on any atom is -0.481 e. The van der Waals surface area contributed by atoms with Crippen LogP contribution in [0.25, 0.3) is 10.9 Å². The van der Waals surface area contributed by atoms with Crippen LogP contribution in [0.5, 0.6) is 5.75 Å². The van der Waals surface area contributed by atoms with Crippen molar-refractivity contribution in [2.75, 3.05) is 37.1 Å². The number of aromatic nitrogens is 1. The fourth-order valence-corrected chi connectivity index (χ4v) is 9.70. The third-order valence-electron chi connectivity index (χ3n) is 12.6. The van der Waals surface area contributed by atoms with E-state index < -0.39 is 150 Å². The Morgan fingerprint density at radius 2 is 1.28 bits per heavy atom. The van der Waals surface area contributed by atoms with Crippen molar-refractivity contribution < 1.29 is 80.1 Å². The maximum absolute atomic E-state index is 14.8. The number of benzene rings is 3. The summed E-state index contributed by atoms with van der Waals surface area (Å²) in [5.74, 6) is -11.9. The molecule has 0 spiro atoms. The Morgan fingerprint density at radius 1 is 0.675 bits per heavy atom. The van der Waals surface area contributed by atoms with Crippen LogP contribution >= 0.6 is 23.5 Å². The van der Waals surface area contributed by atoms with Crippen LogP contribution in [0.3, 0.4) is 0 Å². The third-order valence-corrected chi connectivity index (χ3v) is 14.3. The molecule has 5 rings (SSSR count). The number of nitrogens with two attached hydrogens (primary N) is 1. The summed E-state index contributed by atoms with van der Waals surface area (Å²) in [7, 11) is -4.92. The second kappa shape index (κ2) is 31.8. The molecule has 1 saturated heterocycles. The Bertz CT molecular complexity index is 3100. The molecule has 1 aliphatic rings. The van der Waals surface area contributed by atoms with Crippen LogP contribution in [0, 0.1) is 0 Å². The number of fused-ring (bicyclic) bond motifs is 1. The van der Waals surface area contributed by atoms with Crippen molar-refractivity contribution in [3.63, 3.8) is 0 Å². The predicted octanol–water partition coefficient (Wildman–Crippen LogP) is -2.20. The number of aliphatic carboxylic acids is 2. The minimum atomic E-state index is -4.92. The largest absolute Gasteiger partial charge is 0.481 e. The van der Waals surface area contributed by atoms with E-state index in [-0.39, 0.29) is 54.9 Å². The summed E-state index contributed by atoms with van der Waals surface area (Å²) in [6.07, 6.45) is 2.20. The number of H-pyrrole nitrogens is 1. The Kier molecular flexibility index (Phi) is 25.1. The number of carboxylic acids is 2. The number of nitrogens with one attached hydrogen (secondary N) is 10. The van der Waals surface area contributed by atoms with Crippen molar-refractivity contribution in [3.05, 3.63) is 102 Å². The highest BCUT2D eigenvalue weighted by Crippen LogP contribution is 2.20. The number of rotatable bonds is 24. The van der Waals surface area contributed by atoms with Crippen molar-refractivity contribution in [1.82, 2.24) is 52.8 Å². The predicted molar refractivity (Wildman–Crippen MR) is 302 cm³/mol. The number of amides is 9. The van der Waals surface area contributed by atoms with E-state index in [2.05, 4.69) is 57.0 Å². The molecule has 28 nitrogen and oxygen atoms in total. The highest BCUT2D eigenvalue weighted by atomic mass is 32.3. The Morgan fingerprint density at radius 3 is 1.94 bits per heavy atom. The first-order chi connectivity index (χ1) is 39.4. The van der Waals surface area contributed by atoms with Gasteiger partial charge in [-0.1, -0.05) is 60.7 Å². The highest BCUT2D eigenvalue weighted by molar-refractivity contribution is 7.98. The number of hydrogen-bond acceptors (Lipinski definition) is 17. The average molecular weight is 1210 g/mol. The lowest BCUT2D eigenvalue weighted by atomic mass is 10.0. The molecule has 15 N–H and O–H groups in total. The van der Waals surface area contributed by atoms with Gasteiger partial charge in [0.05, 0.1) is 25.4 Å². The van der Waals surface area contributed by atoms with Gasteiger partial charge in [-0.2, -0.15) is 31.9 Å². The number of hydrogen-bond donors (Lipinski definition) is 14. The lowest BCUT2D eigenvalue weighted by Gasteiger charge is -2.28. The SMILES string of the molecule is CSCC[C@H](NC(=O)[C@H](Cc1ccc(OS(=O)(=O)O)cc1)NC(=O)[C@@H](N)CC(=O)O)C(=O)NC1CNC(=O)CNC(=O)[C@H](Cc2ccccc2)NC(=O)[C@H](CC(=O)O)NC(=O)[C@H](CCSC)NC(=O)[C@H](Cc2c[nH]c3ccccc23)NC1=O. The maximum Gasteiger partial charge on any atom is 0.446 e. The zero-order valence-electron chi connectivity index (χ0n) is 44.8. The van der Waals surface area contributed by atoms with Gasteiger partial charge in [0.1, 0.15) is 48.0 Å². The second-order valence-electron chi connectivity index (χ2n) is 18.9. The summed E-state index contributed by atoms with van der Waals surface area (Å²) >= 11 is 2.55. The number of para-hydroxylation sites is 1. The lowest BCUT2D eigenvalue weighted by molar-refractivity contribution is -0.141. The number of carbonyl (C=O) groups is 11. The molecule has 2 heterocycles. The average Bonchev–Trinajstić information content (AvgIpc) is 4.14. The van der Waals surface area contributed by atoms with Crippen LogP contribution in [0.4, 0.5) is 0 Å². The van der Waals surface area contributed by atoms with Gasteiger partial charge < -0.3 is 73.0 Å². The molecule has 1 fully saturated rings. The van der Waals surface area contributed by atoms with E-state index in [9.17, 15) is 71.4 Å². The van der Waals surface area contributed by atoms with E-state index in [0.717, 1.165) is 12.1 Å². The van der Waals surface area contributed by atoms with Crippen molar-refractivity contribution in [2.24, 2.45) is 5.73 Å². The van der Waals surface area contributed by atoms with Crippen LogP contribution in [0.2, 0.25) is 0 Å². The van der Waals surface area contributed by atoms with Crippen LogP contribution in [-0.2, 0) is 82.4 Å². The van der Waals surface area contributed by atoms with Crippen molar-refractivity contribution in [1.29, 1.82) is 0 Å². The van der Waals surface area contributed by atoms with Crippen LogP contribution < -0.4 is 57.8 Å². The molecule has 0 aliphatic carbocycles. The topological polar surface area (TPSA) is 442 Å². The van der Waals surface area contributed by atoms with Gasteiger partial charge in [-0.25, -0.2) is 0 Å². The fourth-order valence-electron chi connectivity index (χ4n) is 8.40. The van der Waals surface area contributed by atoms with E-state index >= 15 is 0 Å². The second-order valence-corrected chi connectivity index (χ2v) is 21.9. The molecule has 0 bridgehead atoms. The first kappa shape index (κ1) is 65.5. The summed E-state index contributed by atoms with van der Waals surface area (Å²) in [6, 6.07) is 7.27. The molecule has 9 amide bonds. The zero-order chi connectivity index (χ0) is 60.8. The molecule has 31 heteroatoms. The van der Waals surface area contributed by atoms with Gasteiger partial charge >= 0.3 is 22.3 Å². The molecule has 1 aliphatic heterocycles. The number of carboxylic acid groups (broad SMARTS) is 2. The number of aromatic amines is 1. The Labute approximate surface area is 484 Å². The molecular formula is C52H65N11O17S3. The molecule has 83 heavy (non-hydrogen) atoms. The van der Waals surface area contributed by atoms with E-state index in [1.807, 2.05) is 0 Å². The highest BCUT2D eigenvalue weighted by Gasteiger charge is 2.36. The van der Waals surface area contributed by atoms with Gasteiger partial charge in [-0.05, 0) is 71.7 Å². The van der Waals surface area contributed by atoms with E-state index in [1.165, 1.54) is 35.7 Å². The summed E-state index contributed by atoms with van der Waals surface area (Å²) in [5, 5.41) is 42.3. The molecule has 448 valence electrons. The first-order valence-corrected chi connectivity index (χ1v) is 29.8. The molecule has 8 atom stereocenters. The van der Waals surface area contributed by atoms with Gasteiger partial charge in [0.25, 0.3) is 0 Å².